The Morgan fingerprint density at radius 2 is 2.03 bits per heavy atom. The number of hydrogen-bond donors (Lipinski definition) is 2. The molecule has 1 fully saturated rings. The van der Waals surface area contributed by atoms with Crippen LogP contribution in [0.3, 0.4) is 0 Å². The molecule has 2 aromatic rings. The van der Waals surface area contributed by atoms with Gasteiger partial charge in [-0.3, -0.25) is 19.7 Å². The van der Waals surface area contributed by atoms with E-state index in [1.54, 1.807) is 6.07 Å². The molecule has 202 valence electrons. The molecule has 9 nitrogen and oxygen atoms in total. The van der Waals surface area contributed by atoms with Crippen LogP contribution in [0.5, 0.6) is 0 Å². The molecule has 0 radical (unpaired) electrons. The molecular weight excluding hydrogens is 513 g/mol. The molecule has 37 heavy (non-hydrogen) atoms. The lowest BCUT2D eigenvalue weighted by molar-refractivity contribution is -0.236. The fourth-order valence-corrected chi connectivity index (χ4v) is 5.38. The molecule has 1 amide bonds. The zero-order valence-electron chi connectivity index (χ0n) is 20.2. The Bertz CT molecular complexity index is 1220. The third kappa shape index (κ3) is 6.46. The highest BCUT2D eigenvalue weighted by molar-refractivity contribution is 7.91. The van der Waals surface area contributed by atoms with Gasteiger partial charge < -0.3 is 15.2 Å². The first-order valence-corrected chi connectivity index (χ1v) is 13.6. The van der Waals surface area contributed by atoms with Crippen LogP contribution in [-0.2, 0) is 27.7 Å². The smallest absolute Gasteiger partial charge is 0.394 e. The van der Waals surface area contributed by atoms with Gasteiger partial charge in [0.1, 0.15) is 0 Å². The van der Waals surface area contributed by atoms with Crippen molar-refractivity contribution in [3.63, 3.8) is 0 Å². The number of alkyl halides is 3. The van der Waals surface area contributed by atoms with Gasteiger partial charge >= 0.3 is 6.18 Å². The van der Waals surface area contributed by atoms with E-state index in [4.69, 9.17) is 4.74 Å². The number of hydrogen-bond acceptors (Lipinski definition) is 8. The number of halogens is 3. The molecule has 0 aromatic carbocycles. The van der Waals surface area contributed by atoms with Crippen molar-refractivity contribution in [3.8, 4) is 0 Å². The average Bonchev–Trinajstić information content (AvgIpc) is 3.28. The van der Waals surface area contributed by atoms with Gasteiger partial charge in [0.25, 0.3) is 5.91 Å². The third-order valence-electron chi connectivity index (χ3n) is 6.68. The number of carbonyl (C=O) groups excluding carboxylic acids is 1. The molecule has 0 bridgehead atoms. The maximum absolute atomic E-state index is 12.9. The van der Waals surface area contributed by atoms with E-state index < -0.39 is 40.7 Å². The highest BCUT2D eigenvalue weighted by atomic mass is 32.2. The fourth-order valence-electron chi connectivity index (χ4n) is 4.56. The van der Waals surface area contributed by atoms with Crippen molar-refractivity contribution in [1.29, 1.82) is 0 Å². The van der Waals surface area contributed by atoms with Crippen LogP contribution in [0.25, 0.3) is 0 Å². The predicted octanol–water partition coefficient (Wildman–Crippen LogP) is 2.41. The van der Waals surface area contributed by atoms with Crippen molar-refractivity contribution in [2.45, 2.75) is 56.1 Å². The molecule has 0 aliphatic carbocycles. The topological polar surface area (TPSA) is 122 Å². The fraction of sp³-hybridized carbons (Fsp3) is 0.542. The lowest BCUT2D eigenvalue weighted by atomic mass is 9.97. The molecule has 2 aliphatic heterocycles. The number of ether oxygens (including phenoxy) is 1. The van der Waals surface area contributed by atoms with Crippen LogP contribution >= 0.6 is 0 Å². The number of sulfone groups is 1. The van der Waals surface area contributed by atoms with Crippen molar-refractivity contribution >= 4 is 15.7 Å². The van der Waals surface area contributed by atoms with Gasteiger partial charge in [0.2, 0.25) is 0 Å². The summed E-state index contributed by atoms with van der Waals surface area (Å²) >= 11 is 0. The maximum atomic E-state index is 12.9. The Morgan fingerprint density at radius 3 is 2.62 bits per heavy atom. The largest absolute Gasteiger partial charge is 0.414 e. The van der Waals surface area contributed by atoms with Gasteiger partial charge in [0, 0.05) is 32.0 Å². The first-order chi connectivity index (χ1) is 17.5. The number of rotatable bonds is 8. The Kier molecular flexibility index (Phi) is 8.17. The van der Waals surface area contributed by atoms with Gasteiger partial charge in [-0.25, -0.2) is 8.42 Å². The number of fused-ring (bicyclic) bond motifs is 1. The summed E-state index contributed by atoms with van der Waals surface area (Å²) in [5.41, 5.74) is 2.26. The number of carbonyl (C=O) groups is 1. The summed E-state index contributed by atoms with van der Waals surface area (Å²) in [4.78, 5) is 23.5. The summed E-state index contributed by atoms with van der Waals surface area (Å²) < 4.78 is 67.4. The second-order valence-electron chi connectivity index (χ2n) is 9.34. The summed E-state index contributed by atoms with van der Waals surface area (Å²) in [7, 11) is -3.42. The normalized spacial score (nSPS) is 21.4. The SMILES string of the molecule is CCS(=O)(=O)c1ccc([C@H](CO)NC(=O)c2cnc3c(c2)CN(C[C@@H]2CCC(C(F)(F)F)OC2)C3)nc1. The zero-order chi connectivity index (χ0) is 26.8. The molecule has 4 rings (SSSR count). The second-order valence-corrected chi connectivity index (χ2v) is 11.6. The van der Waals surface area contributed by atoms with Crippen molar-refractivity contribution in [1.82, 2.24) is 20.2 Å². The van der Waals surface area contributed by atoms with Crippen molar-refractivity contribution in [2.75, 3.05) is 25.5 Å². The highest BCUT2D eigenvalue weighted by Gasteiger charge is 2.43. The van der Waals surface area contributed by atoms with Gasteiger partial charge in [-0.1, -0.05) is 6.92 Å². The maximum Gasteiger partial charge on any atom is 0.414 e. The minimum atomic E-state index is -4.33. The van der Waals surface area contributed by atoms with E-state index >= 15 is 0 Å². The number of aliphatic hydroxyl groups excluding tert-OH is 1. The van der Waals surface area contributed by atoms with Crippen molar-refractivity contribution in [3.05, 3.63) is 53.1 Å². The second kappa shape index (κ2) is 11.0. The van der Waals surface area contributed by atoms with Gasteiger partial charge in [0.05, 0.1) is 46.9 Å². The quantitative estimate of drug-likeness (QED) is 0.522. The molecule has 2 aromatic heterocycles. The van der Waals surface area contributed by atoms with Gasteiger partial charge in [0.15, 0.2) is 15.9 Å². The van der Waals surface area contributed by atoms with Crippen molar-refractivity contribution < 1.29 is 36.2 Å². The summed E-state index contributed by atoms with van der Waals surface area (Å²) in [5, 5.41) is 12.5. The first kappa shape index (κ1) is 27.4. The van der Waals surface area contributed by atoms with Crippen LogP contribution in [-0.4, -0.2) is 72.1 Å². The van der Waals surface area contributed by atoms with E-state index in [-0.39, 0.29) is 29.6 Å². The molecule has 13 heteroatoms. The van der Waals surface area contributed by atoms with Crippen LogP contribution in [0.2, 0.25) is 0 Å². The molecule has 0 saturated carbocycles. The van der Waals surface area contributed by atoms with Gasteiger partial charge in [-0.2, -0.15) is 13.2 Å². The predicted molar refractivity (Wildman–Crippen MR) is 126 cm³/mol. The molecular formula is C24H29F3N4O5S. The van der Waals surface area contributed by atoms with Crippen LogP contribution in [0.1, 0.15) is 53.1 Å². The Balaban J connectivity index is 1.35. The number of pyridine rings is 2. The molecule has 2 N–H and O–H groups in total. The van der Waals surface area contributed by atoms with E-state index in [9.17, 15) is 31.5 Å². The summed E-state index contributed by atoms with van der Waals surface area (Å²) in [6, 6.07) is 3.71. The molecule has 1 saturated heterocycles. The van der Waals surface area contributed by atoms with Crippen molar-refractivity contribution in [2.24, 2.45) is 5.92 Å². The van der Waals surface area contributed by atoms with Crippen LogP contribution < -0.4 is 5.32 Å². The summed E-state index contributed by atoms with van der Waals surface area (Å²) in [5.74, 6) is -0.546. The van der Waals surface area contributed by atoms with Crippen LogP contribution in [0, 0.1) is 5.92 Å². The van der Waals surface area contributed by atoms with Gasteiger partial charge in [-0.15, -0.1) is 0 Å². The van der Waals surface area contributed by atoms with Gasteiger partial charge in [-0.05, 0) is 42.5 Å². The van der Waals surface area contributed by atoms with E-state index in [1.165, 1.54) is 31.5 Å². The lowest BCUT2D eigenvalue weighted by Crippen LogP contribution is -2.40. The molecule has 0 spiro atoms. The van der Waals surface area contributed by atoms with E-state index in [1.807, 2.05) is 0 Å². The van der Waals surface area contributed by atoms with E-state index in [0.29, 0.717) is 37.3 Å². The summed E-state index contributed by atoms with van der Waals surface area (Å²) in [6.45, 7) is 2.77. The minimum Gasteiger partial charge on any atom is -0.394 e. The van der Waals surface area contributed by atoms with Crippen LogP contribution in [0.4, 0.5) is 13.2 Å². The molecule has 1 unspecified atom stereocenters. The van der Waals surface area contributed by atoms with Crippen LogP contribution in [0.15, 0.2) is 35.5 Å². The lowest BCUT2D eigenvalue weighted by Gasteiger charge is -2.32. The number of aliphatic hydroxyl groups is 1. The first-order valence-electron chi connectivity index (χ1n) is 12.0. The van der Waals surface area contributed by atoms with E-state index in [0.717, 1.165) is 11.3 Å². The zero-order valence-corrected chi connectivity index (χ0v) is 21.1. The molecule has 2 aliphatic rings. The third-order valence-corrected chi connectivity index (χ3v) is 8.40. The number of amides is 1. The molecule has 4 heterocycles. The monoisotopic (exact) mass is 542 g/mol. The number of aromatic nitrogens is 2. The molecule has 3 atom stereocenters. The standard InChI is InChI=1S/C24H29F3N4O5S/c1-2-37(34,35)18-4-5-19(29-9-18)21(13-32)30-23(33)16-7-17-11-31(12-20(17)28-8-16)10-15-3-6-22(36-14-15)24(25,26)27/h4-5,7-9,15,21-22,32H,2-3,6,10-14H2,1H3,(H,30,33)/t15-,21-,22?/m0/s1. The average molecular weight is 543 g/mol. The Labute approximate surface area is 213 Å². The number of nitrogens with zero attached hydrogens (tertiary/aromatic N) is 3. The Hall–Kier alpha value is -2.61. The minimum absolute atomic E-state index is 0.00723. The number of nitrogens with one attached hydrogen (secondary N) is 1. The highest BCUT2D eigenvalue weighted by Crippen LogP contribution is 2.33. The summed E-state index contributed by atoms with van der Waals surface area (Å²) in [6.07, 6.45) is -3.00. The Morgan fingerprint density at radius 1 is 1.24 bits per heavy atom. The van der Waals surface area contributed by atoms with E-state index in [2.05, 4.69) is 20.2 Å².